The minimum Gasteiger partial charge on any atom is -0.464 e. The second-order valence-corrected chi connectivity index (χ2v) is 5.62. The van der Waals surface area contributed by atoms with Crippen molar-refractivity contribution in [2.75, 3.05) is 18.1 Å². The summed E-state index contributed by atoms with van der Waals surface area (Å²) < 4.78 is 26.7. The van der Waals surface area contributed by atoms with Gasteiger partial charge in [0.2, 0.25) is 0 Å². The van der Waals surface area contributed by atoms with E-state index in [-0.39, 0.29) is 31.0 Å². The molecule has 0 aromatic heterocycles. The first-order valence-corrected chi connectivity index (χ1v) is 6.80. The summed E-state index contributed by atoms with van der Waals surface area (Å²) in [5.41, 5.74) is 0. The van der Waals surface area contributed by atoms with E-state index in [1.54, 1.807) is 13.8 Å². The minimum atomic E-state index is -3.02. The Kier molecular flexibility index (Phi) is 6.51. The van der Waals surface area contributed by atoms with Gasteiger partial charge in [-0.05, 0) is 19.8 Å². The van der Waals surface area contributed by atoms with Crippen molar-refractivity contribution < 1.29 is 23.1 Å². The van der Waals surface area contributed by atoms with Gasteiger partial charge in [0.15, 0.2) is 6.10 Å². The van der Waals surface area contributed by atoms with E-state index in [1.165, 1.54) is 0 Å². The van der Waals surface area contributed by atoms with Crippen LogP contribution in [0.2, 0.25) is 0 Å². The number of aliphatic hydroxyl groups is 1. The van der Waals surface area contributed by atoms with Crippen molar-refractivity contribution in [3.8, 4) is 0 Å². The van der Waals surface area contributed by atoms with Crippen molar-refractivity contribution in [1.82, 2.24) is 0 Å². The lowest BCUT2D eigenvalue weighted by Crippen LogP contribution is -2.24. The van der Waals surface area contributed by atoms with Gasteiger partial charge in [0.25, 0.3) is 0 Å². The smallest absolute Gasteiger partial charge is 0.334 e. The van der Waals surface area contributed by atoms with Crippen LogP contribution in [-0.2, 0) is 19.4 Å². The van der Waals surface area contributed by atoms with Crippen LogP contribution >= 0.6 is 0 Å². The van der Waals surface area contributed by atoms with Crippen molar-refractivity contribution in [2.24, 2.45) is 0 Å². The highest BCUT2D eigenvalue weighted by Gasteiger charge is 2.17. The Bertz CT molecular complexity index is 283. The number of carbonyl (C=O) groups excluding carboxylic acids is 1. The van der Waals surface area contributed by atoms with Gasteiger partial charge in [-0.25, -0.2) is 13.2 Å². The van der Waals surface area contributed by atoms with E-state index in [4.69, 9.17) is 0 Å². The number of hydrogen-bond acceptors (Lipinski definition) is 5. The molecule has 0 heterocycles. The fourth-order valence-corrected chi connectivity index (χ4v) is 1.89. The fourth-order valence-electron chi connectivity index (χ4n) is 0.997. The highest BCUT2D eigenvalue weighted by Crippen LogP contribution is 2.03. The zero-order valence-electron chi connectivity index (χ0n) is 9.10. The molecular formula is C9H18O5S. The van der Waals surface area contributed by atoms with E-state index in [2.05, 4.69) is 4.74 Å². The molecule has 0 amide bonds. The molecule has 0 saturated heterocycles. The molecule has 0 spiro atoms. The zero-order valence-corrected chi connectivity index (χ0v) is 9.92. The molecule has 0 saturated carbocycles. The van der Waals surface area contributed by atoms with Crippen LogP contribution in [-0.4, -0.2) is 43.7 Å². The van der Waals surface area contributed by atoms with E-state index in [0.29, 0.717) is 0 Å². The fraction of sp³-hybridized carbons (Fsp3) is 0.889. The highest BCUT2D eigenvalue weighted by atomic mass is 32.2. The molecule has 0 aromatic carbocycles. The Morgan fingerprint density at radius 2 is 2.00 bits per heavy atom. The Hall–Kier alpha value is -0.620. The summed E-state index contributed by atoms with van der Waals surface area (Å²) in [4.78, 5) is 10.9. The van der Waals surface area contributed by atoms with Crippen LogP contribution in [0.4, 0.5) is 0 Å². The first-order chi connectivity index (χ1) is 6.93. The maximum atomic E-state index is 11.1. The summed E-state index contributed by atoms with van der Waals surface area (Å²) in [6, 6.07) is 0. The van der Waals surface area contributed by atoms with E-state index in [1.807, 2.05) is 0 Å². The molecule has 1 atom stereocenters. The van der Waals surface area contributed by atoms with Crippen LogP contribution in [0, 0.1) is 0 Å². The first-order valence-electron chi connectivity index (χ1n) is 4.98. The van der Waals surface area contributed by atoms with Crippen LogP contribution < -0.4 is 0 Å². The molecule has 0 rings (SSSR count). The number of ether oxygens (including phenoxy) is 1. The van der Waals surface area contributed by atoms with Crippen LogP contribution in [0.25, 0.3) is 0 Å². The maximum Gasteiger partial charge on any atom is 0.334 e. The topological polar surface area (TPSA) is 80.7 Å². The van der Waals surface area contributed by atoms with Gasteiger partial charge in [-0.15, -0.1) is 0 Å². The molecule has 1 N–H and O–H groups in total. The van der Waals surface area contributed by atoms with E-state index < -0.39 is 21.9 Å². The molecule has 0 bridgehead atoms. The van der Waals surface area contributed by atoms with Gasteiger partial charge in [-0.3, -0.25) is 0 Å². The van der Waals surface area contributed by atoms with Crippen LogP contribution in [0.1, 0.15) is 26.7 Å². The lowest BCUT2D eigenvalue weighted by atomic mass is 10.2. The SMILES string of the molecule is CCOC(=O)C(O)CCCS(=O)(=O)CC. The molecule has 5 nitrogen and oxygen atoms in total. The summed E-state index contributed by atoms with van der Waals surface area (Å²) in [6.07, 6.45) is -0.814. The highest BCUT2D eigenvalue weighted by molar-refractivity contribution is 7.91. The Morgan fingerprint density at radius 1 is 1.40 bits per heavy atom. The molecular weight excluding hydrogens is 220 g/mol. The number of aliphatic hydroxyl groups excluding tert-OH is 1. The second-order valence-electron chi connectivity index (χ2n) is 3.15. The number of carbonyl (C=O) groups is 1. The Labute approximate surface area is 90.4 Å². The average molecular weight is 238 g/mol. The third-order valence-electron chi connectivity index (χ3n) is 1.93. The average Bonchev–Trinajstić information content (AvgIpc) is 2.18. The normalized spacial score (nSPS) is 13.5. The molecule has 0 aliphatic heterocycles. The standard InChI is InChI=1S/C9H18O5S/c1-3-14-9(11)8(10)6-5-7-15(12,13)4-2/h8,10H,3-7H2,1-2H3. The number of hydrogen-bond donors (Lipinski definition) is 1. The quantitative estimate of drug-likeness (QED) is 0.637. The van der Waals surface area contributed by atoms with E-state index in [0.717, 1.165) is 0 Å². The summed E-state index contributed by atoms with van der Waals surface area (Å²) in [5, 5.41) is 9.25. The van der Waals surface area contributed by atoms with Crippen molar-refractivity contribution >= 4 is 15.8 Å². The van der Waals surface area contributed by atoms with Crippen molar-refractivity contribution in [3.63, 3.8) is 0 Å². The molecule has 0 radical (unpaired) electrons. The molecule has 0 aliphatic rings. The lowest BCUT2D eigenvalue weighted by molar-refractivity contribution is -0.153. The van der Waals surface area contributed by atoms with Crippen LogP contribution in [0.15, 0.2) is 0 Å². The van der Waals surface area contributed by atoms with Gasteiger partial charge >= 0.3 is 5.97 Å². The number of esters is 1. The predicted octanol–water partition coefficient (Wildman–Crippen LogP) is 0.125. The van der Waals surface area contributed by atoms with Crippen molar-refractivity contribution in [3.05, 3.63) is 0 Å². The third-order valence-corrected chi connectivity index (χ3v) is 3.72. The second kappa shape index (κ2) is 6.79. The van der Waals surface area contributed by atoms with Crippen LogP contribution in [0.5, 0.6) is 0 Å². The summed E-state index contributed by atoms with van der Waals surface area (Å²) in [5.74, 6) is -0.603. The monoisotopic (exact) mass is 238 g/mol. The van der Waals surface area contributed by atoms with E-state index in [9.17, 15) is 18.3 Å². The number of rotatable bonds is 7. The van der Waals surface area contributed by atoms with E-state index >= 15 is 0 Å². The molecule has 15 heavy (non-hydrogen) atoms. The molecule has 0 aliphatic carbocycles. The first kappa shape index (κ1) is 14.4. The lowest BCUT2D eigenvalue weighted by Gasteiger charge is -2.08. The molecule has 1 unspecified atom stereocenters. The zero-order chi connectivity index (χ0) is 11.9. The number of sulfone groups is 1. The van der Waals surface area contributed by atoms with Gasteiger partial charge in [0, 0.05) is 5.75 Å². The Morgan fingerprint density at radius 3 is 2.47 bits per heavy atom. The largest absolute Gasteiger partial charge is 0.464 e. The minimum absolute atomic E-state index is 0.0000347. The van der Waals surface area contributed by atoms with Gasteiger partial charge in [-0.1, -0.05) is 6.92 Å². The van der Waals surface area contributed by atoms with Gasteiger partial charge in [-0.2, -0.15) is 0 Å². The van der Waals surface area contributed by atoms with Crippen molar-refractivity contribution in [2.45, 2.75) is 32.8 Å². The maximum absolute atomic E-state index is 11.1. The van der Waals surface area contributed by atoms with Gasteiger partial charge in [0.1, 0.15) is 9.84 Å². The van der Waals surface area contributed by atoms with Crippen LogP contribution in [0.3, 0.4) is 0 Å². The van der Waals surface area contributed by atoms with Crippen molar-refractivity contribution in [1.29, 1.82) is 0 Å². The summed E-state index contributed by atoms with van der Waals surface area (Å²) in [7, 11) is -3.02. The predicted molar refractivity (Wildman–Crippen MR) is 56.2 cm³/mol. The summed E-state index contributed by atoms with van der Waals surface area (Å²) >= 11 is 0. The Balaban J connectivity index is 3.82. The molecule has 0 fully saturated rings. The molecule has 90 valence electrons. The molecule has 0 aromatic rings. The summed E-state index contributed by atoms with van der Waals surface area (Å²) in [6.45, 7) is 3.42. The van der Waals surface area contributed by atoms with Gasteiger partial charge in [0.05, 0.1) is 12.4 Å². The molecule has 6 heteroatoms. The van der Waals surface area contributed by atoms with Gasteiger partial charge < -0.3 is 9.84 Å². The third kappa shape index (κ3) is 6.46.